The van der Waals surface area contributed by atoms with Gasteiger partial charge in [0.2, 0.25) is 0 Å². The van der Waals surface area contributed by atoms with Crippen LogP contribution in [0.25, 0.3) is 0 Å². The maximum atomic E-state index is 6.48. The van der Waals surface area contributed by atoms with Gasteiger partial charge in [-0.3, -0.25) is 4.90 Å². The SMILES string of the molecule is CCCOC1(Cc2ccccc2)CCCN(Cc2ccccc2)CC1.CNC. The molecule has 1 unspecified atom stereocenters. The van der Waals surface area contributed by atoms with Crippen LogP contribution >= 0.6 is 0 Å². The molecule has 154 valence electrons. The van der Waals surface area contributed by atoms with Crippen LogP contribution in [0.2, 0.25) is 0 Å². The maximum absolute atomic E-state index is 6.48. The Morgan fingerprint density at radius 3 is 2.11 bits per heavy atom. The third kappa shape index (κ3) is 7.75. The number of hydrogen-bond acceptors (Lipinski definition) is 3. The molecule has 3 nitrogen and oxygen atoms in total. The van der Waals surface area contributed by atoms with Gasteiger partial charge in [0.15, 0.2) is 0 Å². The van der Waals surface area contributed by atoms with Gasteiger partial charge in [-0.05, 0) is 57.5 Å². The van der Waals surface area contributed by atoms with Crippen LogP contribution < -0.4 is 5.32 Å². The smallest absolute Gasteiger partial charge is 0.0735 e. The molecule has 1 aliphatic rings. The summed E-state index contributed by atoms with van der Waals surface area (Å²) in [4.78, 5) is 2.59. The minimum atomic E-state index is 0.00278. The highest BCUT2D eigenvalue weighted by Crippen LogP contribution is 2.31. The van der Waals surface area contributed by atoms with Crippen LogP contribution in [0.5, 0.6) is 0 Å². The van der Waals surface area contributed by atoms with Crippen LogP contribution in [0.4, 0.5) is 0 Å². The average molecular weight is 383 g/mol. The Morgan fingerprint density at radius 2 is 1.50 bits per heavy atom. The van der Waals surface area contributed by atoms with E-state index in [9.17, 15) is 0 Å². The van der Waals surface area contributed by atoms with Crippen molar-refractivity contribution < 1.29 is 4.74 Å². The molecule has 2 aromatic carbocycles. The molecular weight excluding hydrogens is 344 g/mol. The van der Waals surface area contributed by atoms with Crippen molar-refractivity contribution in [2.45, 2.75) is 51.2 Å². The predicted octanol–water partition coefficient (Wildman–Crippen LogP) is 4.92. The lowest BCUT2D eigenvalue weighted by atomic mass is 9.87. The predicted molar refractivity (Wildman–Crippen MR) is 120 cm³/mol. The van der Waals surface area contributed by atoms with E-state index in [1.54, 1.807) is 0 Å². The molecule has 0 aliphatic carbocycles. The molecule has 1 N–H and O–H groups in total. The summed E-state index contributed by atoms with van der Waals surface area (Å²) in [6.45, 7) is 6.41. The van der Waals surface area contributed by atoms with E-state index in [0.717, 1.165) is 45.4 Å². The van der Waals surface area contributed by atoms with E-state index in [1.165, 1.54) is 24.1 Å². The lowest BCUT2D eigenvalue weighted by Gasteiger charge is -2.33. The molecule has 1 fully saturated rings. The summed E-state index contributed by atoms with van der Waals surface area (Å²) in [5, 5.41) is 2.75. The van der Waals surface area contributed by atoms with Crippen molar-refractivity contribution in [1.82, 2.24) is 10.2 Å². The minimum Gasteiger partial charge on any atom is -0.375 e. The van der Waals surface area contributed by atoms with Crippen LogP contribution in [-0.4, -0.2) is 44.3 Å². The molecule has 2 aromatic rings. The Hall–Kier alpha value is -1.68. The fourth-order valence-corrected chi connectivity index (χ4v) is 3.88. The van der Waals surface area contributed by atoms with Gasteiger partial charge in [0.05, 0.1) is 5.60 Å². The van der Waals surface area contributed by atoms with Gasteiger partial charge >= 0.3 is 0 Å². The zero-order valence-corrected chi connectivity index (χ0v) is 18.0. The third-order valence-corrected chi connectivity index (χ3v) is 5.22. The molecule has 1 atom stereocenters. The fraction of sp³-hybridized carbons (Fsp3) is 0.520. The first-order chi connectivity index (χ1) is 13.7. The first-order valence-corrected chi connectivity index (χ1v) is 10.7. The summed E-state index contributed by atoms with van der Waals surface area (Å²) in [6, 6.07) is 21.7. The highest BCUT2D eigenvalue weighted by Gasteiger charge is 2.33. The first-order valence-electron chi connectivity index (χ1n) is 10.7. The Balaban J connectivity index is 0.000000878. The van der Waals surface area contributed by atoms with Crippen LogP contribution in [0.15, 0.2) is 60.7 Å². The summed E-state index contributed by atoms with van der Waals surface area (Å²) in [5.74, 6) is 0. The second-order valence-corrected chi connectivity index (χ2v) is 7.81. The van der Waals surface area contributed by atoms with Crippen LogP contribution in [-0.2, 0) is 17.7 Å². The van der Waals surface area contributed by atoms with E-state index in [4.69, 9.17) is 4.74 Å². The van der Waals surface area contributed by atoms with E-state index in [2.05, 4.69) is 77.8 Å². The van der Waals surface area contributed by atoms with Crippen molar-refractivity contribution in [3.05, 3.63) is 71.8 Å². The van der Waals surface area contributed by atoms with Gasteiger partial charge in [-0.1, -0.05) is 67.6 Å². The van der Waals surface area contributed by atoms with Gasteiger partial charge in [0.25, 0.3) is 0 Å². The summed E-state index contributed by atoms with van der Waals surface area (Å²) < 4.78 is 6.48. The highest BCUT2D eigenvalue weighted by molar-refractivity contribution is 5.18. The molecule has 0 amide bonds. The molecule has 0 radical (unpaired) electrons. The molecular formula is C25H38N2O. The minimum absolute atomic E-state index is 0.00278. The van der Waals surface area contributed by atoms with E-state index < -0.39 is 0 Å². The zero-order chi connectivity index (χ0) is 20.1. The van der Waals surface area contributed by atoms with Crippen molar-refractivity contribution in [3.63, 3.8) is 0 Å². The van der Waals surface area contributed by atoms with Gasteiger partial charge in [0.1, 0.15) is 0 Å². The summed E-state index contributed by atoms with van der Waals surface area (Å²) >= 11 is 0. The monoisotopic (exact) mass is 382 g/mol. The first kappa shape index (κ1) is 22.6. The Labute approximate surface area is 172 Å². The lowest BCUT2D eigenvalue weighted by molar-refractivity contribution is -0.0552. The van der Waals surface area contributed by atoms with E-state index in [0.29, 0.717) is 0 Å². The lowest BCUT2D eigenvalue weighted by Crippen LogP contribution is -2.37. The molecule has 0 saturated carbocycles. The average Bonchev–Trinajstić information content (AvgIpc) is 2.91. The summed E-state index contributed by atoms with van der Waals surface area (Å²) in [7, 11) is 3.75. The van der Waals surface area contributed by atoms with Crippen molar-refractivity contribution in [2.75, 3.05) is 33.8 Å². The number of ether oxygens (including phenoxy) is 1. The molecule has 0 aromatic heterocycles. The summed E-state index contributed by atoms with van der Waals surface area (Å²) in [5.41, 5.74) is 2.81. The highest BCUT2D eigenvalue weighted by atomic mass is 16.5. The largest absolute Gasteiger partial charge is 0.375 e. The van der Waals surface area contributed by atoms with Gasteiger partial charge in [-0.15, -0.1) is 0 Å². The maximum Gasteiger partial charge on any atom is 0.0735 e. The van der Waals surface area contributed by atoms with Crippen LogP contribution in [0.1, 0.15) is 43.7 Å². The van der Waals surface area contributed by atoms with E-state index >= 15 is 0 Å². The van der Waals surface area contributed by atoms with Gasteiger partial charge in [-0.2, -0.15) is 0 Å². The number of rotatable bonds is 7. The quantitative estimate of drug-likeness (QED) is 0.736. The molecule has 0 spiro atoms. The number of nitrogens with one attached hydrogen (secondary N) is 1. The van der Waals surface area contributed by atoms with E-state index in [1.807, 2.05) is 14.1 Å². The molecule has 0 bridgehead atoms. The molecule has 3 rings (SSSR count). The van der Waals surface area contributed by atoms with Crippen LogP contribution in [0, 0.1) is 0 Å². The zero-order valence-electron chi connectivity index (χ0n) is 18.0. The molecule has 28 heavy (non-hydrogen) atoms. The molecule has 1 aliphatic heterocycles. The second-order valence-electron chi connectivity index (χ2n) is 7.81. The second kappa shape index (κ2) is 12.7. The fourth-order valence-electron chi connectivity index (χ4n) is 3.88. The Morgan fingerprint density at radius 1 is 0.893 bits per heavy atom. The Kier molecular flexibility index (Phi) is 10.3. The van der Waals surface area contributed by atoms with Crippen molar-refractivity contribution in [3.8, 4) is 0 Å². The molecule has 1 heterocycles. The summed E-state index contributed by atoms with van der Waals surface area (Å²) in [6.07, 6.45) is 5.61. The van der Waals surface area contributed by atoms with Gasteiger partial charge in [0, 0.05) is 26.1 Å². The topological polar surface area (TPSA) is 24.5 Å². The number of benzene rings is 2. The van der Waals surface area contributed by atoms with Crippen LogP contribution in [0.3, 0.4) is 0 Å². The van der Waals surface area contributed by atoms with Gasteiger partial charge < -0.3 is 10.1 Å². The number of likely N-dealkylation sites (tertiary alicyclic amines) is 1. The van der Waals surface area contributed by atoms with Crippen molar-refractivity contribution >= 4 is 0 Å². The molecule has 3 heteroatoms. The number of hydrogen-bond donors (Lipinski definition) is 1. The van der Waals surface area contributed by atoms with Crippen molar-refractivity contribution in [2.24, 2.45) is 0 Å². The van der Waals surface area contributed by atoms with Gasteiger partial charge in [-0.25, -0.2) is 0 Å². The van der Waals surface area contributed by atoms with Crippen molar-refractivity contribution in [1.29, 1.82) is 0 Å². The normalized spacial score (nSPS) is 20.1. The third-order valence-electron chi connectivity index (χ3n) is 5.22. The van der Waals surface area contributed by atoms with E-state index in [-0.39, 0.29) is 5.60 Å². The standard InChI is InChI=1S/C23H31NO.C2H7N/c1-2-18-25-23(19-21-10-5-3-6-11-21)14-9-16-24(17-15-23)20-22-12-7-4-8-13-22;1-3-2/h3-8,10-13H,2,9,14-20H2,1H3;3H,1-2H3. The Bertz CT molecular complexity index is 632. The molecule has 1 saturated heterocycles. The number of nitrogens with zero attached hydrogens (tertiary/aromatic N) is 1.